The van der Waals surface area contributed by atoms with Gasteiger partial charge in [0.1, 0.15) is 11.7 Å². The summed E-state index contributed by atoms with van der Waals surface area (Å²) in [6.45, 7) is 0.980. The maximum atomic E-state index is 13.6. The number of aromatic amines is 1. The van der Waals surface area contributed by atoms with Crippen LogP contribution in [0.1, 0.15) is 40.9 Å². The maximum Gasteiger partial charge on any atom is 0.274 e. The third-order valence-electron chi connectivity index (χ3n) is 5.51. The predicted octanol–water partition coefficient (Wildman–Crippen LogP) is 1.63. The Bertz CT molecular complexity index is 1000. The first-order valence-electron chi connectivity index (χ1n) is 9.56. The quantitative estimate of drug-likeness (QED) is 0.827. The molecular weight excluding hydrogens is 382 g/mol. The van der Waals surface area contributed by atoms with Crippen molar-refractivity contribution in [3.8, 4) is 0 Å². The van der Waals surface area contributed by atoms with Crippen LogP contribution in [0.4, 0.5) is 8.78 Å². The molecule has 1 fully saturated rings. The molecule has 4 rings (SSSR count). The van der Waals surface area contributed by atoms with Crippen molar-refractivity contribution in [1.82, 2.24) is 20.0 Å². The molecule has 1 aromatic carbocycles. The minimum absolute atomic E-state index is 0.0748. The van der Waals surface area contributed by atoms with Gasteiger partial charge in [-0.05, 0) is 55.0 Å². The largest absolute Gasteiger partial charge is 0.336 e. The fourth-order valence-electron chi connectivity index (χ4n) is 3.99. The van der Waals surface area contributed by atoms with Crippen molar-refractivity contribution in [1.29, 1.82) is 0 Å². The molecule has 9 heteroatoms. The van der Waals surface area contributed by atoms with Gasteiger partial charge in [0, 0.05) is 25.7 Å². The van der Waals surface area contributed by atoms with E-state index in [1.165, 1.54) is 23.1 Å². The molecule has 1 unspecified atom stereocenters. The van der Waals surface area contributed by atoms with Gasteiger partial charge in [-0.25, -0.2) is 13.9 Å². The number of aromatic nitrogens is 2. The third-order valence-corrected chi connectivity index (χ3v) is 5.51. The van der Waals surface area contributed by atoms with Gasteiger partial charge in [0.05, 0.1) is 0 Å². The summed E-state index contributed by atoms with van der Waals surface area (Å²) in [4.78, 5) is 40.3. The number of amides is 2. The third kappa shape index (κ3) is 3.76. The number of H-pyrrole nitrogens is 1. The second-order valence-electron chi connectivity index (χ2n) is 7.36. The summed E-state index contributed by atoms with van der Waals surface area (Å²) in [5.41, 5.74) is 0.941. The maximum absolute atomic E-state index is 13.6. The fourth-order valence-corrected chi connectivity index (χ4v) is 3.99. The molecule has 2 aromatic rings. The molecule has 2 amide bonds. The highest BCUT2D eigenvalue weighted by molar-refractivity contribution is 5.96. The lowest BCUT2D eigenvalue weighted by atomic mass is 9.96. The van der Waals surface area contributed by atoms with Crippen LogP contribution in [0.15, 0.2) is 29.1 Å². The number of rotatable bonds is 2. The second-order valence-corrected chi connectivity index (χ2v) is 7.36. The van der Waals surface area contributed by atoms with E-state index in [-0.39, 0.29) is 18.1 Å². The Morgan fingerprint density at radius 3 is 2.55 bits per heavy atom. The van der Waals surface area contributed by atoms with Gasteiger partial charge in [-0.15, -0.1) is 0 Å². The summed E-state index contributed by atoms with van der Waals surface area (Å²) in [6, 6.07) is 4.24. The van der Waals surface area contributed by atoms with Crippen LogP contribution < -0.4 is 5.56 Å². The van der Waals surface area contributed by atoms with Crippen molar-refractivity contribution < 1.29 is 18.4 Å². The molecule has 7 nitrogen and oxygen atoms in total. The molecule has 1 N–H and O–H groups in total. The number of carbonyl (C=O) groups excluding carboxylic acids is 2. The molecule has 0 radical (unpaired) electrons. The normalized spacial score (nSPS) is 19.0. The van der Waals surface area contributed by atoms with E-state index in [2.05, 4.69) is 10.2 Å². The van der Waals surface area contributed by atoms with Crippen LogP contribution in [-0.2, 0) is 17.8 Å². The molecule has 0 bridgehead atoms. The average Bonchev–Trinajstić information content (AvgIpc) is 2.74. The lowest BCUT2D eigenvalue weighted by molar-refractivity contribution is -0.138. The van der Waals surface area contributed by atoms with E-state index >= 15 is 0 Å². The molecule has 1 saturated heterocycles. The van der Waals surface area contributed by atoms with E-state index in [0.717, 1.165) is 18.9 Å². The van der Waals surface area contributed by atoms with E-state index < -0.39 is 29.1 Å². The predicted molar refractivity (Wildman–Crippen MR) is 99.0 cm³/mol. The lowest BCUT2D eigenvalue weighted by Gasteiger charge is -2.39. The van der Waals surface area contributed by atoms with E-state index in [0.29, 0.717) is 37.1 Å². The van der Waals surface area contributed by atoms with Gasteiger partial charge in [-0.1, -0.05) is 0 Å². The number of benzene rings is 1. The summed E-state index contributed by atoms with van der Waals surface area (Å²) in [5.74, 6) is -2.44. The number of carbonyl (C=O) groups is 2. The van der Waals surface area contributed by atoms with Crippen LogP contribution in [0.5, 0.6) is 0 Å². The highest BCUT2D eigenvalue weighted by atomic mass is 19.2. The molecule has 2 aliphatic rings. The minimum Gasteiger partial charge on any atom is -0.336 e. The Kier molecular flexibility index (Phi) is 5.12. The first-order chi connectivity index (χ1) is 13.9. The monoisotopic (exact) mass is 402 g/mol. The number of nitrogens with one attached hydrogen (secondary N) is 1. The van der Waals surface area contributed by atoms with E-state index in [1.54, 1.807) is 4.90 Å². The van der Waals surface area contributed by atoms with Crippen LogP contribution in [0, 0.1) is 11.6 Å². The number of piperidine rings is 1. The second kappa shape index (κ2) is 7.73. The van der Waals surface area contributed by atoms with E-state index in [4.69, 9.17) is 0 Å². The first kappa shape index (κ1) is 19.2. The van der Waals surface area contributed by atoms with Crippen LogP contribution in [-0.4, -0.2) is 50.9 Å². The SMILES string of the molecule is O=C(C1CCCCN1C(=O)c1ccc(=O)[nH]n1)N1CCc2cc(F)c(F)cc2C1. The molecule has 152 valence electrons. The van der Waals surface area contributed by atoms with Crippen molar-refractivity contribution in [3.05, 3.63) is 63.1 Å². The molecule has 0 spiro atoms. The van der Waals surface area contributed by atoms with Crippen molar-refractivity contribution in [3.63, 3.8) is 0 Å². The number of nitrogens with zero attached hydrogens (tertiary/aromatic N) is 3. The zero-order valence-electron chi connectivity index (χ0n) is 15.7. The summed E-state index contributed by atoms with van der Waals surface area (Å²) >= 11 is 0. The highest BCUT2D eigenvalue weighted by Crippen LogP contribution is 2.26. The zero-order chi connectivity index (χ0) is 20.5. The minimum atomic E-state index is -0.934. The topological polar surface area (TPSA) is 86.4 Å². The molecule has 0 saturated carbocycles. The Hall–Kier alpha value is -3.10. The van der Waals surface area contributed by atoms with Crippen LogP contribution in [0.2, 0.25) is 0 Å². The summed E-state index contributed by atoms with van der Waals surface area (Å²) in [7, 11) is 0. The molecule has 3 heterocycles. The van der Waals surface area contributed by atoms with Gasteiger partial charge in [0.2, 0.25) is 5.91 Å². The molecule has 1 aromatic heterocycles. The van der Waals surface area contributed by atoms with Gasteiger partial charge in [-0.3, -0.25) is 14.4 Å². The number of hydrogen-bond acceptors (Lipinski definition) is 4. The Morgan fingerprint density at radius 2 is 1.83 bits per heavy atom. The summed E-state index contributed by atoms with van der Waals surface area (Å²) < 4.78 is 27.1. The Balaban J connectivity index is 1.54. The number of hydrogen-bond donors (Lipinski definition) is 1. The van der Waals surface area contributed by atoms with Gasteiger partial charge in [0.25, 0.3) is 11.5 Å². The van der Waals surface area contributed by atoms with Crippen molar-refractivity contribution >= 4 is 11.8 Å². The zero-order valence-corrected chi connectivity index (χ0v) is 15.7. The van der Waals surface area contributed by atoms with Gasteiger partial charge in [0.15, 0.2) is 11.6 Å². The smallest absolute Gasteiger partial charge is 0.274 e. The first-order valence-corrected chi connectivity index (χ1v) is 9.56. The number of likely N-dealkylation sites (tertiary alicyclic amines) is 1. The summed E-state index contributed by atoms with van der Waals surface area (Å²) in [6.07, 6.45) is 2.53. The standard InChI is InChI=1S/C20H20F2N4O3/c21-14-9-12-6-8-25(11-13(12)10-15(14)22)20(29)17-3-1-2-7-26(17)19(28)16-4-5-18(27)24-23-16/h4-5,9-10,17H,1-3,6-8,11H2,(H,24,27). The lowest BCUT2D eigenvalue weighted by Crippen LogP contribution is -2.54. The molecule has 1 atom stereocenters. The molecule has 2 aliphatic heterocycles. The molecule has 0 aliphatic carbocycles. The molecule has 29 heavy (non-hydrogen) atoms. The van der Waals surface area contributed by atoms with Gasteiger partial charge in [-0.2, -0.15) is 5.10 Å². The van der Waals surface area contributed by atoms with E-state index in [9.17, 15) is 23.2 Å². The number of fused-ring (bicyclic) bond motifs is 1. The Morgan fingerprint density at radius 1 is 1.07 bits per heavy atom. The Labute approximate surface area is 165 Å². The van der Waals surface area contributed by atoms with Crippen molar-refractivity contribution in [2.45, 2.75) is 38.3 Å². The van der Waals surface area contributed by atoms with Crippen LogP contribution in [0.25, 0.3) is 0 Å². The van der Waals surface area contributed by atoms with Crippen LogP contribution in [0.3, 0.4) is 0 Å². The van der Waals surface area contributed by atoms with Gasteiger partial charge < -0.3 is 9.80 Å². The number of halogens is 2. The highest BCUT2D eigenvalue weighted by Gasteiger charge is 2.36. The van der Waals surface area contributed by atoms with Crippen molar-refractivity contribution in [2.75, 3.05) is 13.1 Å². The van der Waals surface area contributed by atoms with Crippen LogP contribution >= 0.6 is 0 Å². The average molecular weight is 402 g/mol. The molecular formula is C20H20F2N4O3. The fraction of sp³-hybridized carbons (Fsp3) is 0.400. The van der Waals surface area contributed by atoms with E-state index in [1.807, 2.05) is 0 Å². The van der Waals surface area contributed by atoms with Gasteiger partial charge >= 0.3 is 0 Å². The van der Waals surface area contributed by atoms with Crippen molar-refractivity contribution in [2.24, 2.45) is 0 Å². The summed E-state index contributed by atoms with van der Waals surface area (Å²) in [5, 5.41) is 6.01.